The van der Waals surface area contributed by atoms with Crippen LogP contribution in [0.1, 0.15) is 18.5 Å². The van der Waals surface area contributed by atoms with Gasteiger partial charge in [-0.3, -0.25) is 9.89 Å². The lowest BCUT2D eigenvalue weighted by molar-refractivity contribution is 0.0179. The summed E-state index contributed by atoms with van der Waals surface area (Å²) in [5, 5.41) is 6.70. The number of rotatable bonds is 10. The molecule has 0 spiro atoms. The van der Waals surface area contributed by atoms with Gasteiger partial charge in [0.1, 0.15) is 18.1 Å². The summed E-state index contributed by atoms with van der Waals surface area (Å²) in [6.07, 6.45) is 0. The van der Waals surface area contributed by atoms with E-state index in [4.69, 9.17) is 19.2 Å². The molecule has 0 saturated carbocycles. The lowest BCUT2D eigenvalue weighted by Crippen LogP contribution is -2.42. The summed E-state index contributed by atoms with van der Waals surface area (Å²) < 4.78 is 16.6. The highest BCUT2D eigenvalue weighted by Crippen LogP contribution is 2.24. The van der Waals surface area contributed by atoms with E-state index >= 15 is 0 Å². The van der Waals surface area contributed by atoms with Gasteiger partial charge >= 0.3 is 0 Å². The van der Waals surface area contributed by atoms with Gasteiger partial charge in [0.25, 0.3) is 0 Å². The smallest absolute Gasteiger partial charge is 0.191 e. The van der Waals surface area contributed by atoms with Gasteiger partial charge in [0, 0.05) is 19.6 Å². The van der Waals surface area contributed by atoms with E-state index in [2.05, 4.69) is 34.6 Å². The molecule has 1 heterocycles. The molecule has 1 fully saturated rings. The predicted octanol–water partition coefficient (Wildman–Crippen LogP) is 2.70. The zero-order valence-electron chi connectivity index (χ0n) is 18.5. The Hall–Kier alpha value is -2.77. The second kappa shape index (κ2) is 12.8. The third-order valence-electron chi connectivity index (χ3n) is 5.16. The molecule has 2 aromatic carbocycles. The van der Waals surface area contributed by atoms with Crippen molar-refractivity contribution in [1.29, 1.82) is 0 Å². The minimum atomic E-state index is 0.186. The van der Waals surface area contributed by atoms with Crippen molar-refractivity contribution >= 4 is 5.96 Å². The van der Waals surface area contributed by atoms with Crippen LogP contribution in [-0.2, 0) is 4.74 Å². The van der Waals surface area contributed by atoms with Crippen LogP contribution in [0.2, 0.25) is 0 Å². The Kier molecular flexibility index (Phi) is 9.47. The number of nitrogens with zero attached hydrogens (tertiary/aromatic N) is 2. The highest BCUT2D eigenvalue weighted by Gasteiger charge is 2.22. The standard InChI is InChI=1S/C24H34N4O3/c1-3-25-24(26-13-16-31-22-7-5-4-6-8-22)27-19-23(28-14-17-30-18-15-28)20-9-11-21(29-2)12-10-20/h4-12,23H,3,13-19H2,1-2H3,(H2,25,26,27). The SMILES string of the molecule is CCNC(=NCC(c1ccc(OC)cc1)N1CCOCC1)NCCOc1ccccc1. The molecule has 0 radical (unpaired) electrons. The third kappa shape index (κ3) is 7.45. The number of guanidine groups is 1. The van der Waals surface area contributed by atoms with E-state index in [1.54, 1.807) is 7.11 Å². The fourth-order valence-electron chi connectivity index (χ4n) is 3.52. The number of hydrogen-bond acceptors (Lipinski definition) is 5. The second-order valence-corrected chi connectivity index (χ2v) is 7.25. The Morgan fingerprint density at radius 3 is 2.45 bits per heavy atom. The molecule has 2 aromatic rings. The van der Waals surface area contributed by atoms with Crippen LogP contribution in [0.3, 0.4) is 0 Å². The van der Waals surface area contributed by atoms with Crippen molar-refractivity contribution in [1.82, 2.24) is 15.5 Å². The Labute approximate surface area is 185 Å². The molecule has 0 bridgehead atoms. The lowest BCUT2D eigenvalue weighted by Gasteiger charge is -2.34. The molecule has 7 nitrogen and oxygen atoms in total. The van der Waals surface area contributed by atoms with E-state index in [1.165, 1.54) is 5.56 Å². The molecule has 7 heteroatoms. The van der Waals surface area contributed by atoms with Crippen LogP contribution in [0.15, 0.2) is 59.6 Å². The van der Waals surface area contributed by atoms with Gasteiger partial charge in [0.15, 0.2) is 5.96 Å². The summed E-state index contributed by atoms with van der Waals surface area (Å²) in [4.78, 5) is 7.32. The van der Waals surface area contributed by atoms with Crippen LogP contribution in [0.25, 0.3) is 0 Å². The number of ether oxygens (including phenoxy) is 3. The first-order valence-electron chi connectivity index (χ1n) is 11.0. The first kappa shape index (κ1) is 22.9. The summed E-state index contributed by atoms with van der Waals surface area (Å²) in [7, 11) is 1.69. The Bertz CT molecular complexity index is 777. The van der Waals surface area contributed by atoms with Crippen molar-refractivity contribution in [2.45, 2.75) is 13.0 Å². The van der Waals surface area contributed by atoms with Crippen LogP contribution < -0.4 is 20.1 Å². The monoisotopic (exact) mass is 426 g/mol. The first-order valence-corrected chi connectivity index (χ1v) is 11.0. The van der Waals surface area contributed by atoms with E-state index < -0.39 is 0 Å². The topological polar surface area (TPSA) is 67.4 Å². The Balaban J connectivity index is 1.61. The van der Waals surface area contributed by atoms with E-state index in [-0.39, 0.29) is 6.04 Å². The predicted molar refractivity (Wildman–Crippen MR) is 124 cm³/mol. The van der Waals surface area contributed by atoms with Crippen molar-refractivity contribution in [2.24, 2.45) is 4.99 Å². The quantitative estimate of drug-likeness (QED) is 0.346. The summed E-state index contributed by atoms with van der Waals surface area (Å²) >= 11 is 0. The zero-order chi connectivity index (χ0) is 21.7. The van der Waals surface area contributed by atoms with Crippen molar-refractivity contribution in [3.63, 3.8) is 0 Å². The van der Waals surface area contributed by atoms with Gasteiger partial charge in [-0.25, -0.2) is 0 Å². The molecule has 0 amide bonds. The average Bonchev–Trinajstić information content (AvgIpc) is 2.83. The molecule has 1 atom stereocenters. The van der Waals surface area contributed by atoms with Crippen LogP contribution in [-0.4, -0.2) is 70.5 Å². The third-order valence-corrected chi connectivity index (χ3v) is 5.16. The van der Waals surface area contributed by atoms with Gasteiger partial charge in [0.05, 0.1) is 39.5 Å². The fraction of sp³-hybridized carbons (Fsp3) is 0.458. The highest BCUT2D eigenvalue weighted by atomic mass is 16.5. The van der Waals surface area contributed by atoms with Crippen molar-refractivity contribution in [3.05, 3.63) is 60.2 Å². The number of para-hydroxylation sites is 1. The van der Waals surface area contributed by atoms with E-state index in [1.807, 2.05) is 42.5 Å². The van der Waals surface area contributed by atoms with Crippen molar-refractivity contribution in [3.8, 4) is 11.5 Å². The number of aliphatic imine (C=N–C) groups is 1. The molecule has 0 aromatic heterocycles. The average molecular weight is 427 g/mol. The van der Waals surface area contributed by atoms with Crippen LogP contribution in [0, 0.1) is 0 Å². The number of morpholine rings is 1. The van der Waals surface area contributed by atoms with Gasteiger partial charge < -0.3 is 24.8 Å². The normalized spacial score (nSPS) is 15.9. The summed E-state index contributed by atoms with van der Waals surface area (Å²) in [5.74, 6) is 2.53. The highest BCUT2D eigenvalue weighted by molar-refractivity contribution is 5.79. The molecular formula is C24H34N4O3. The molecule has 1 aliphatic heterocycles. The molecular weight excluding hydrogens is 392 g/mol. The number of methoxy groups -OCH3 is 1. The largest absolute Gasteiger partial charge is 0.497 e. The van der Waals surface area contributed by atoms with Crippen LogP contribution in [0.5, 0.6) is 11.5 Å². The van der Waals surface area contributed by atoms with Crippen molar-refractivity contribution in [2.75, 3.05) is 59.7 Å². The van der Waals surface area contributed by atoms with Crippen LogP contribution >= 0.6 is 0 Å². The Morgan fingerprint density at radius 2 is 1.77 bits per heavy atom. The number of benzene rings is 2. The summed E-state index contributed by atoms with van der Waals surface area (Å²) in [5.41, 5.74) is 1.23. The minimum Gasteiger partial charge on any atom is -0.497 e. The maximum absolute atomic E-state index is 5.77. The fourth-order valence-corrected chi connectivity index (χ4v) is 3.52. The number of nitrogens with one attached hydrogen (secondary N) is 2. The first-order chi connectivity index (χ1) is 15.3. The molecule has 0 aliphatic carbocycles. The summed E-state index contributed by atoms with van der Waals surface area (Å²) in [6, 6.07) is 18.3. The summed E-state index contributed by atoms with van der Waals surface area (Å²) in [6.45, 7) is 8.09. The lowest BCUT2D eigenvalue weighted by atomic mass is 10.0. The molecule has 2 N–H and O–H groups in total. The van der Waals surface area contributed by atoms with Gasteiger partial charge in [-0.05, 0) is 36.8 Å². The van der Waals surface area contributed by atoms with Gasteiger partial charge in [-0.15, -0.1) is 0 Å². The van der Waals surface area contributed by atoms with Crippen LogP contribution in [0.4, 0.5) is 0 Å². The van der Waals surface area contributed by atoms with Gasteiger partial charge in [-0.2, -0.15) is 0 Å². The minimum absolute atomic E-state index is 0.186. The van der Waals surface area contributed by atoms with E-state index in [9.17, 15) is 0 Å². The second-order valence-electron chi connectivity index (χ2n) is 7.25. The molecule has 1 saturated heterocycles. The molecule has 168 valence electrons. The maximum atomic E-state index is 5.77. The zero-order valence-corrected chi connectivity index (χ0v) is 18.5. The van der Waals surface area contributed by atoms with E-state index in [0.717, 1.165) is 50.3 Å². The maximum Gasteiger partial charge on any atom is 0.191 e. The van der Waals surface area contributed by atoms with Gasteiger partial charge in [0.2, 0.25) is 0 Å². The Morgan fingerprint density at radius 1 is 1.03 bits per heavy atom. The molecule has 3 rings (SSSR count). The van der Waals surface area contributed by atoms with E-state index in [0.29, 0.717) is 19.7 Å². The van der Waals surface area contributed by atoms with Crippen molar-refractivity contribution < 1.29 is 14.2 Å². The van der Waals surface area contributed by atoms with Gasteiger partial charge in [-0.1, -0.05) is 30.3 Å². The molecule has 31 heavy (non-hydrogen) atoms. The number of hydrogen-bond donors (Lipinski definition) is 2. The molecule has 1 aliphatic rings. The molecule has 1 unspecified atom stereocenters.